The molecule has 1 aliphatic rings. The Morgan fingerprint density at radius 1 is 0.931 bits per heavy atom. The molecule has 3 aromatic carbocycles. The van der Waals surface area contributed by atoms with Crippen molar-refractivity contribution >= 4 is 38.5 Å². The van der Waals surface area contributed by atoms with Crippen LogP contribution in [0.4, 0.5) is 5.69 Å². The van der Waals surface area contributed by atoms with Gasteiger partial charge in [-0.15, -0.1) is 0 Å². The molecular weight excluding hydrogens is 430 g/mol. The van der Waals surface area contributed by atoms with Crippen LogP contribution < -0.4 is 10.3 Å². The minimum Gasteiger partial charge on any atom is -0.450 e. The average molecular weight is 446 g/mol. The van der Waals surface area contributed by atoms with Gasteiger partial charge in [-0.25, -0.2) is 0 Å². The number of hydrogen-bond donors (Lipinski definition) is 0. The minimum absolute atomic E-state index is 0.110. The van der Waals surface area contributed by atoms with Crippen molar-refractivity contribution < 1.29 is 9.21 Å². The van der Waals surface area contributed by atoms with Crippen LogP contribution >= 0.6 is 15.9 Å². The molecule has 1 aromatic heterocycles. The lowest BCUT2D eigenvalue weighted by molar-refractivity contribution is 0.0971. The summed E-state index contributed by atoms with van der Waals surface area (Å²) < 4.78 is 6.75. The van der Waals surface area contributed by atoms with Crippen molar-refractivity contribution in [3.63, 3.8) is 0 Å². The van der Waals surface area contributed by atoms with Crippen LogP contribution in [-0.2, 0) is 0 Å². The number of hydrogen-bond acceptors (Lipinski definition) is 3. The van der Waals surface area contributed by atoms with Crippen LogP contribution in [0.25, 0.3) is 11.0 Å². The van der Waals surface area contributed by atoms with Gasteiger partial charge in [-0.1, -0.05) is 64.0 Å². The molecule has 5 rings (SSSR count). The smallest absolute Gasteiger partial charge is 0.295 e. The Labute approximate surface area is 175 Å². The van der Waals surface area contributed by atoms with Crippen molar-refractivity contribution in [3.8, 4) is 0 Å². The molecule has 0 spiro atoms. The van der Waals surface area contributed by atoms with Crippen LogP contribution in [0.1, 0.15) is 33.3 Å². The number of fused-ring (bicyclic) bond motifs is 2. The van der Waals surface area contributed by atoms with E-state index in [1.807, 2.05) is 61.5 Å². The largest absolute Gasteiger partial charge is 0.450 e. The summed E-state index contributed by atoms with van der Waals surface area (Å²) >= 11 is 3.42. The third-order valence-corrected chi connectivity index (χ3v) is 5.75. The highest BCUT2D eigenvalue weighted by atomic mass is 79.9. The molecule has 1 aliphatic heterocycles. The maximum absolute atomic E-state index is 13.5. The van der Waals surface area contributed by atoms with E-state index in [0.29, 0.717) is 16.5 Å². The number of halogens is 1. The highest BCUT2D eigenvalue weighted by Gasteiger charge is 2.43. The summed E-state index contributed by atoms with van der Waals surface area (Å²) in [6.45, 7) is 2.01. The van der Waals surface area contributed by atoms with Gasteiger partial charge in [0.1, 0.15) is 5.58 Å². The number of carbonyl (C=O) groups is 1. The molecule has 1 unspecified atom stereocenters. The number of aryl methyl sites for hydroxylation is 1. The van der Waals surface area contributed by atoms with E-state index in [9.17, 15) is 9.59 Å². The molecular formula is C24H16BrNO3. The number of carbonyl (C=O) groups excluding carboxylic acids is 1. The Hall–Kier alpha value is -3.18. The summed E-state index contributed by atoms with van der Waals surface area (Å²) in [7, 11) is 0. The molecule has 4 nitrogen and oxygen atoms in total. The maximum Gasteiger partial charge on any atom is 0.295 e. The molecule has 0 aliphatic carbocycles. The molecule has 142 valence electrons. The first-order valence-corrected chi connectivity index (χ1v) is 10.1. The lowest BCUT2D eigenvalue weighted by Gasteiger charge is -2.25. The summed E-state index contributed by atoms with van der Waals surface area (Å²) in [4.78, 5) is 28.5. The zero-order valence-electron chi connectivity index (χ0n) is 15.6. The number of nitrogens with zero attached hydrogens (tertiary/aromatic N) is 1. The Morgan fingerprint density at radius 3 is 2.38 bits per heavy atom. The monoisotopic (exact) mass is 445 g/mol. The fourth-order valence-corrected chi connectivity index (χ4v) is 4.23. The van der Waals surface area contributed by atoms with E-state index in [1.54, 1.807) is 23.1 Å². The van der Waals surface area contributed by atoms with Gasteiger partial charge in [-0.3, -0.25) is 14.5 Å². The van der Waals surface area contributed by atoms with E-state index in [0.717, 1.165) is 21.3 Å². The van der Waals surface area contributed by atoms with Crippen LogP contribution in [0.3, 0.4) is 0 Å². The Kier molecular flexibility index (Phi) is 4.14. The molecule has 29 heavy (non-hydrogen) atoms. The molecule has 0 radical (unpaired) electrons. The van der Waals surface area contributed by atoms with Crippen molar-refractivity contribution in [2.45, 2.75) is 13.0 Å². The van der Waals surface area contributed by atoms with Gasteiger partial charge in [0, 0.05) is 10.2 Å². The molecule has 5 heteroatoms. The molecule has 1 atom stereocenters. The van der Waals surface area contributed by atoms with Crippen molar-refractivity contribution in [3.05, 3.63) is 110 Å². The van der Waals surface area contributed by atoms with Gasteiger partial charge in [0.2, 0.25) is 5.76 Å². The lowest BCUT2D eigenvalue weighted by Crippen LogP contribution is -2.29. The van der Waals surface area contributed by atoms with Gasteiger partial charge in [0.25, 0.3) is 5.91 Å². The minimum atomic E-state index is -0.542. The highest BCUT2D eigenvalue weighted by Crippen LogP contribution is 2.41. The van der Waals surface area contributed by atoms with Crippen LogP contribution in [-0.4, -0.2) is 5.91 Å². The summed E-state index contributed by atoms with van der Waals surface area (Å²) in [6, 6.07) is 22.0. The van der Waals surface area contributed by atoms with E-state index >= 15 is 0 Å². The van der Waals surface area contributed by atoms with Gasteiger partial charge in [-0.2, -0.15) is 0 Å². The topological polar surface area (TPSA) is 50.5 Å². The second kappa shape index (κ2) is 6.71. The first-order valence-electron chi connectivity index (χ1n) is 9.26. The highest BCUT2D eigenvalue weighted by molar-refractivity contribution is 9.10. The second-order valence-corrected chi connectivity index (χ2v) is 8.05. The third-order valence-electron chi connectivity index (χ3n) is 5.26. The molecule has 1 amide bonds. The van der Waals surface area contributed by atoms with Crippen molar-refractivity contribution in [1.29, 1.82) is 0 Å². The normalized spacial score (nSPS) is 15.7. The first kappa shape index (κ1) is 17.9. The van der Waals surface area contributed by atoms with E-state index < -0.39 is 6.04 Å². The number of amides is 1. The number of anilines is 1. The quantitative estimate of drug-likeness (QED) is 0.402. The summed E-state index contributed by atoms with van der Waals surface area (Å²) in [5.74, 6) is -0.196. The third kappa shape index (κ3) is 2.81. The van der Waals surface area contributed by atoms with Crippen LogP contribution in [0.5, 0.6) is 0 Å². The van der Waals surface area contributed by atoms with Crippen molar-refractivity contribution in [2.75, 3.05) is 4.90 Å². The van der Waals surface area contributed by atoms with Gasteiger partial charge in [-0.05, 0) is 42.8 Å². The zero-order valence-corrected chi connectivity index (χ0v) is 17.1. The van der Waals surface area contributed by atoms with Crippen molar-refractivity contribution in [2.24, 2.45) is 0 Å². The van der Waals surface area contributed by atoms with E-state index in [2.05, 4.69) is 15.9 Å². The summed E-state index contributed by atoms with van der Waals surface area (Å²) in [5, 5.41) is 0.456. The van der Waals surface area contributed by atoms with Crippen LogP contribution in [0.2, 0.25) is 0 Å². The molecule has 0 fully saturated rings. The van der Waals surface area contributed by atoms with E-state index in [1.165, 1.54) is 0 Å². The SMILES string of the molecule is Cc1ccc(C2c3c(oc4ccc(Br)cc4c3=O)C(=O)N2c2ccccc2)cc1. The molecule has 0 saturated carbocycles. The predicted molar refractivity (Wildman–Crippen MR) is 116 cm³/mol. The summed E-state index contributed by atoms with van der Waals surface area (Å²) in [5.41, 5.74) is 3.31. The zero-order chi connectivity index (χ0) is 20.1. The molecule has 2 heterocycles. The standard InChI is InChI=1S/C24H16BrNO3/c1-14-7-9-15(10-8-14)21-20-22(27)18-13-16(25)11-12-19(18)29-23(20)24(28)26(21)17-5-3-2-4-6-17/h2-13,21H,1H3. The van der Waals surface area contributed by atoms with E-state index in [4.69, 9.17) is 4.42 Å². The number of para-hydroxylation sites is 1. The number of benzene rings is 3. The predicted octanol–water partition coefficient (Wildman–Crippen LogP) is 5.61. The molecule has 0 N–H and O–H groups in total. The van der Waals surface area contributed by atoms with Gasteiger partial charge >= 0.3 is 0 Å². The second-order valence-electron chi connectivity index (χ2n) is 7.14. The number of rotatable bonds is 2. The molecule has 4 aromatic rings. The fourth-order valence-electron chi connectivity index (χ4n) is 3.86. The van der Waals surface area contributed by atoms with Gasteiger partial charge in [0.05, 0.1) is 17.0 Å². The molecule has 0 saturated heterocycles. The van der Waals surface area contributed by atoms with Crippen LogP contribution in [0, 0.1) is 6.92 Å². The van der Waals surface area contributed by atoms with Crippen LogP contribution in [0.15, 0.2) is 86.5 Å². The lowest BCUT2D eigenvalue weighted by atomic mass is 9.97. The summed E-state index contributed by atoms with van der Waals surface area (Å²) in [6.07, 6.45) is 0. The maximum atomic E-state index is 13.5. The molecule has 0 bridgehead atoms. The Bertz CT molecular complexity index is 1310. The van der Waals surface area contributed by atoms with Gasteiger partial charge < -0.3 is 4.42 Å². The first-order chi connectivity index (χ1) is 14.0. The Morgan fingerprint density at radius 2 is 1.66 bits per heavy atom. The Balaban J connectivity index is 1.83. The van der Waals surface area contributed by atoms with Gasteiger partial charge in [0.15, 0.2) is 5.43 Å². The van der Waals surface area contributed by atoms with Crippen molar-refractivity contribution in [1.82, 2.24) is 0 Å². The van der Waals surface area contributed by atoms with E-state index in [-0.39, 0.29) is 17.1 Å². The average Bonchev–Trinajstić information content (AvgIpc) is 3.03. The fraction of sp³-hybridized carbons (Fsp3) is 0.0833.